The Morgan fingerprint density at radius 2 is 1.87 bits per heavy atom. The van der Waals surface area contributed by atoms with E-state index in [0.29, 0.717) is 40.6 Å². The fourth-order valence-corrected chi connectivity index (χ4v) is 3.68. The van der Waals surface area contributed by atoms with Gasteiger partial charge in [-0.25, -0.2) is 4.98 Å². The van der Waals surface area contributed by atoms with Gasteiger partial charge >= 0.3 is 0 Å². The standard InChI is InChI=1S/C23H24N4O3S/c1-3-7-19-24-20-21(25-19)27(23(31)26-22(20)28)13-16-10-11-17(29-2)18(12-16)30-14-15-8-5-4-6-9-15/h4-6,8-12H,3,7,13-14H2,1-2H3,(H,24,25)(H,26,28,31). The van der Waals surface area contributed by atoms with Crippen molar-refractivity contribution in [2.75, 3.05) is 7.11 Å². The summed E-state index contributed by atoms with van der Waals surface area (Å²) in [6.45, 7) is 2.94. The fraction of sp³-hybridized carbons (Fsp3) is 0.261. The Labute approximate surface area is 184 Å². The van der Waals surface area contributed by atoms with Crippen molar-refractivity contribution in [1.82, 2.24) is 19.5 Å². The number of fused-ring (bicyclic) bond motifs is 1. The predicted octanol–water partition coefficient (Wildman–Crippen LogP) is 4.37. The van der Waals surface area contributed by atoms with E-state index >= 15 is 0 Å². The van der Waals surface area contributed by atoms with Crippen molar-refractivity contribution in [3.8, 4) is 11.5 Å². The SMILES string of the molecule is CCCc1nc2c([nH]1)c(=O)[nH]c(=S)n2Cc1ccc(OC)c(OCc2ccccc2)c1. The summed E-state index contributed by atoms with van der Waals surface area (Å²) < 4.78 is 13.6. The molecule has 0 aliphatic rings. The van der Waals surface area contributed by atoms with E-state index in [1.807, 2.05) is 53.1 Å². The lowest BCUT2D eigenvalue weighted by Crippen LogP contribution is -2.15. The van der Waals surface area contributed by atoms with E-state index in [0.717, 1.165) is 29.8 Å². The Morgan fingerprint density at radius 3 is 2.61 bits per heavy atom. The highest BCUT2D eigenvalue weighted by Gasteiger charge is 2.13. The summed E-state index contributed by atoms with van der Waals surface area (Å²) in [5.41, 5.74) is 2.76. The maximum absolute atomic E-state index is 12.3. The van der Waals surface area contributed by atoms with Crippen LogP contribution in [0.15, 0.2) is 53.3 Å². The number of nitrogens with one attached hydrogen (secondary N) is 2. The van der Waals surface area contributed by atoms with Crippen molar-refractivity contribution >= 4 is 23.4 Å². The van der Waals surface area contributed by atoms with Crippen molar-refractivity contribution < 1.29 is 9.47 Å². The number of rotatable bonds is 8. The van der Waals surface area contributed by atoms with E-state index in [9.17, 15) is 4.79 Å². The molecule has 0 radical (unpaired) electrons. The average Bonchev–Trinajstić information content (AvgIpc) is 3.20. The van der Waals surface area contributed by atoms with E-state index in [1.54, 1.807) is 7.11 Å². The second kappa shape index (κ2) is 9.18. The molecule has 0 fully saturated rings. The Balaban J connectivity index is 1.67. The number of imidazole rings is 1. The van der Waals surface area contributed by atoms with E-state index < -0.39 is 0 Å². The first-order valence-corrected chi connectivity index (χ1v) is 10.5. The van der Waals surface area contributed by atoms with Crippen molar-refractivity contribution in [1.29, 1.82) is 0 Å². The summed E-state index contributed by atoms with van der Waals surface area (Å²) in [5, 5.41) is 0. The summed E-state index contributed by atoms with van der Waals surface area (Å²) in [4.78, 5) is 22.8. The number of methoxy groups -OCH3 is 1. The quantitative estimate of drug-likeness (QED) is 0.401. The molecule has 31 heavy (non-hydrogen) atoms. The number of aromatic nitrogens is 4. The Hall–Kier alpha value is -3.39. The first kappa shape index (κ1) is 20.9. The topological polar surface area (TPSA) is 84.9 Å². The molecule has 0 saturated heterocycles. The number of hydrogen-bond acceptors (Lipinski definition) is 5. The van der Waals surface area contributed by atoms with Gasteiger partial charge < -0.3 is 14.5 Å². The summed E-state index contributed by atoms with van der Waals surface area (Å²) in [5.74, 6) is 2.07. The van der Waals surface area contributed by atoms with Gasteiger partial charge in [-0.15, -0.1) is 0 Å². The van der Waals surface area contributed by atoms with Crippen molar-refractivity contribution in [2.45, 2.75) is 32.9 Å². The monoisotopic (exact) mass is 436 g/mol. The first-order valence-electron chi connectivity index (χ1n) is 10.1. The fourth-order valence-electron chi connectivity index (χ4n) is 3.44. The third kappa shape index (κ3) is 4.54. The molecule has 0 atom stereocenters. The molecule has 2 N–H and O–H groups in total. The van der Waals surface area contributed by atoms with Gasteiger partial charge in [0.25, 0.3) is 5.56 Å². The Bertz CT molecular complexity index is 1310. The largest absolute Gasteiger partial charge is 0.493 e. The zero-order valence-electron chi connectivity index (χ0n) is 17.5. The molecule has 2 aromatic heterocycles. The number of H-pyrrole nitrogens is 2. The molecule has 0 aliphatic heterocycles. The van der Waals surface area contributed by atoms with Crippen molar-refractivity contribution in [2.24, 2.45) is 0 Å². The third-order valence-electron chi connectivity index (χ3n) is 4.97. The number of benzene rings is 2. The van der Waals surface area contributed by atoms with Crippen LogP contribution < -0.4 is 15.0 Å². The highest BCUT2D eigenvalue weighted by molar-refractivity contribution is 7.71. The molecule has 8 heteroatoms. The molecule has 7 nitrogen and oxygen atoms in total. The van der Waals surface area contributed by atoms with Gasteiger partial charge in [-0.3, -0.25) is 14.3 Å². The molecule has 160 valence electrons. The van der Waals surface area contributed by atoms with Gasteiger partial charge in [0.05, 0.1) is 13.7 Å². The molecular weight excluding hydrogens is 412 g/mol. The zero-order valence-corrected chi connectivity index (χ0v) is 18.3. The highest BCUT2D eigenvalue weighted by Crippen LogP contribution is 2.29. The maximum Gasteiger partial charge on any atom is 0.277 e. The van der Waals surface area contributed by atoms with Gasteiger partial charge in [-0.1, -0.05) is 43.3 Å². The van der Waals surface area contributed by atoms with Crippen molar-refractivity contribution in [3.63, 3.8) is 0 Å². The molecule has 4 aromatic rings. The first-order chi connectivity index (χ1) is 15.1. The zero-order chi connectivity index (χ0) is 21.8. The van der Waals surface area contributed by atoms with Crippen LogP contribution in [-0.4, -0.2) is 26.6 Å². The lowest BCUT2D eigenvalue weighted by atomic mass is 10.2. The molecule has 2 heterocycles. The molecule has 4 rings (SSSR count). The summed E-state index contributed by atoms with van der Waals surface area (Å²) in [6, 6.07) is 15.7. The van der Waals surface area contributed by atoms with Crippen LogP contribution in [0.4, 0.5) is 0 Å². The van der Waals surface area contributed by atoms with Gasteiger partial charge in [0.15, 0.2) is 21.9 Å². The second-order valence-corrected chi connectivity index (χ2v) is 7.62. The summed E-state index contributed by atoms with van der Waals surface area (Å²) >= 11 is 5.43. The van der Waals surface area contributed by atoms with E-state index in [2.05, 4.69) is 21.9 Å². The van der Waals surface area contributed by atoms with Crippen LogP contribution in [0.1, 0.15) is 30.3 Å². The molecule has 0 unspecified atom stereocenters. The molecule has 0 saturated carbocycles. The van der Waals surface area contributed by atoms with Crippen LogP contribution in [0.2, 0.25) is 0 Å². The lowest BCUT2D eigenvalue weighted by molar-refractivity contribution is 0.284. The predicted molar refractivity (Wildman–Crippen MR) is 122 cm³/mol. The third-order valence-corrected chi connectivity index (χ3v) is 5.30. The minimum Gasteiger partial charge on any atom is -0.493 e. The highest BCUT2D eigenvalue weighted by atomic mass is 32.1. The van der Waals surface area contributed by atoms with Crippen LogP contribution in [0.5, 0.6) is 11.5 Å². The van der Waals surface area contributed by atoms with Crippen LogP contribution in [0, 0.1) is 4.77 Å². The lowest BCUT2D eigenvalue weighted by Gasteiger charge is -2.14. The smallest absolute Gasteiger partial charge is 0.277 e. The van der Waals surface area contributed by atoms with E-state index in [-0.39, 0.29) is 5.56 Å². The van der Waals surface area contributed by atoms with E-state index in [1.165, 1.54) is 0 Å². The summed E-state index contributed by atoms with van der Waals surface area (Å²) in [7, 11) is 1.62. The van der Waals surface area contributed by atoms with Gasteiger partial charge in [-0.05, 0) is 41.9 Å². The minimum absolute atomic E-state index is 0.257. The number of aryl methyl sites for hydroxylation is 1. The minimum atomic E-state index is -0.257. The number of aromatic amines is 2. The van der Waals surface area contributed by atoms with Crippen LogP contribution >= 0.6 is 12.2 Å². The molecule has 0 amide bonds. The molecule has 0 spiro atoms. The van der Waals surface area contributed by atoms with Crippen LogP contribution in [0.25, 0.3) is 11.2 Å². The van der Waals surface area contributed by atoms with Crippen molar-refractivity contribution in [3.05, 3.63) is 80.6 Å². The number of nitrogens with zero attached hydrogens (tertiary/aromatic N) is 2. The van der Waals surface area contributed by atoms with Gasteiger partial charge in [0.1, 0.15) is 17.9 Å². The number of ether oxygens (including phenoxy) is 2. The molecule has 0 aliphatic carbocycles. The molecule has 2 aromatic carbocycles. The Kier molecular flexibility index (Phi) is 6.18. The normalized spacial score (nSPS) is 11.0. The maximum atomic E-state index is 12.3. The van der Waals surface area contributed by atoms with E-state index in [4.69, 9.17) is 21.7 Å². The molecular formula is C23H24N4O3S. The average molecular weight is 437 g/mol. The number of hydrogen-bond donors (Lipinski definition) is 2. The van der Waals surface area contributed by atoms with Crippen LogP contribution in [-0.2, 0) is 19.6 Å². The van der Waals surface area contributed by atoms with Crippen LogP contribution in [0.3, 0.4) is 0 Å². The van der Waals surface area contributed by atoms with Gasteiger partial charge in [0.2, 0.25) is 0 Å². The Morgan fingerprint density at radius 1 is 1.06 bits per heavy atom. The summed E-state index contributed by atoms with van der Waals surface area (Å²) in [6.07, 6.45) is 1.69. The van der Waals surface area contributed by atoms with Gasteiger partial charge in [-0.2, -0.15) is 0 Å². The van der Waals surface area contributed by atoms with Gasteiger partial charge in [0, 0.05) is 6.42 Å². The molecule has 0 bridgehead atoms. The second-order valence-electron chi connectivity index (χ2n) is 7.24.